The first kappa shape index (κ1) is 14.4. The summed E-state index contributed by atoms with van der Waals surface area (Å²) in [6.45, 7) is 0.438. The third kappa shape index (κ3) is 2.64. The topological polar surface area (TPSA) is 46.5 Å². The van der Waals surface area contributed by atoms with Gasteiger partial charge in [0.15, 0.2) is 0 Å². The highest BCUT2D eigenvalue weighted by atomic mass is 127. The molecule has 3 nitrogen and oxygen atoms in total. The van der Waals surface area contributed by atoms with Crippen LogP contribution in [-0.2, 0) is 16.6 Å². The van der Waals surface area contributed by atoms with E-state index in [2.05, 4.69) is 22.6 Å². The van der Waals surface area contributed by atoms with Crippen molar-refractivity contribution in [1.82, 2.24) is 0 Å². The summed E-state index contributed by atoms with van der Waals surface area (Å²) >= 11 is 2.25. The van der Waals surface area contributed by atoms with E-state index in [0.29, 0.717) is 25.2 Å². The SMILES string of the molecule is O=C(O)C1(Cc2ccc(I)cc2)CCOc2ccccc21. The number of carbonyl (C=O) groups is 1. The normalized spacial score (nSPS) is 20.4. The number of ether oxygens (including phenoxy) is 1. The number of halogens is 1. The maximum atomic E-state index is 12.1. The first-order valence-electron chi connectivity index (χ1n) is 6.82. The minimum atomic E-state index is -0.901. The molecule has 2 aromatic rings. The third-order valence-corrected chi connectivity index (χ3v) is 4.74. The Balaban J connectivity index is 2.05. The van der Waals surface area contributed by atoms with E-state index in [1.54, 1.807) is 0 Å². The number of hydrogen-bond acceptors (Lipinski definition) is 2. The number of aliphatic carboxylic acids is 1. The van der Waals surface area contributed by atoms with E-state index in [1.165, 1.54) is 0 Å². The second-order valence-electron chi connectivity index (χ2n) is 5.29. The van der Waals surface area contributed by atoms with Crippen LogP contribution in [0.1, 0.15) is 17.5 Å². The molecule has 0 bridgehead atoms. The van der Waals surface area contributed by atoms with Crippen molar-refractivity contribution in [3.63, 3.8) is 0 Å². The van der Waals surface area contributed by atoms with Gasteiger partial charge in [-0.1, -0.05) is 30.3 Å². The zero-order valence-corrected chi connectivity index (χ0v) is 13.5. The van der Waals surface area contributed by atoms with Gasteiger partial charge in [0.25, 0.3) is 0 Å². The molecule has 1 N–H and O–H groups in total. The third-order valence-electron chi connectivity index (χ3n) is 4.02. The largest absolute Gasteiger partial charge is 0.493 e. The molecule has 1 heterocycles. The fourth-order valence-corrected chi connectivity index (χ4v) is 3.25. The van der Waals surface area contributed by atoms with Gasteiger partial charge in [-0.2, -0.15) is 0 Å². The Morgan fingerprint density at radius 2 is 1.90 bits per heavy atom. The van der Waals surface area contributed by atoms with Crippen molar-refractivity contribution < 1.29 is 14.6 Å². The number of carboxylic acid groups (broad SMARTS) is 1. The second kappa shape index (κ2) is 5.67. The van der Waals surface area contributed by atoms with Crippen LogP contribution in [0.2, 0.25) is 0 Å². The molecule has 1 unspecified atom stereocenters. The summed E-state index contributed by atoms with van der Waals surface area (Å²) in [5.41, 5.74) is 0.915. The van der Waals surface area contributed by atoms with E-state index in [-0.39, 0.29) is 0 Å². The van der Waals surface area contributed by atoms with Crippen molar-refractivity contribution in [3.05, 3.63) is 63.2 Å². The number of rotatable bonds is 3. The van der Waals surface area contributed by atoms with E-state index < -0.39 is 11.4 Å². The minimum Gasteiger partial charge on any atom is -0.493 e. The first-order chi connectivity index (χ1) is 10.1. The molecule has 0 aromatic heterocycles. The average Bonchev–Trinajstić information content (AvgIpc) is 2.50. The van der Waals surface area contributed by atoms with Gasteiger partial charge in [-0.3, -0.25) is 4.79 Å². The van der Waals surface area contributed by atoms with Crippen LogP contribution in [0, 0.1) is 3.57 Å². The average molecular weight is 394 g/mol. The van der Waals surface area contributed by atoms with Crippen molar-refractivity contribution in [2.75, 3.05) is 6.61 Å². The minimum absolute atomic E-state index is 0.438. The van der Waals surface area contributed by atoms with Gasteiger partial charge in [0, 0.05) is 15.6 Å². The lowest BCUT2D eigenvalue weighted by molar-refractivity contribution is -0.145. The summed E-state index contributed by atoms with van der Waals surface area (Å²) < 4.78 is 6.77. The van der Waals surface area contributed by atoms with Crippen molar-refractivity contribution in [3.8, 4) is 5.75 Å². The molecule has 0 radical (unpaired) electrons. The van der Waals surface area contributed by atoms with E-state index in [1.807, 2.05) is 48.5 Å². The number of hydrogen-bond donors (Lipinski definition) is 1. The highest BCUT2D eigenvalue weighted by Crippen LogP contribution is 2.41. The second-order valence-corrected chi connectivity index (χ2v) is 6.53. The van der Waals surface area contributed by atoms with Crippen LogP contribution in [-0.4, -0.2) is 17.7 Å². The molecule has 0 spiro atoms. The number of para-hydroxylation sites is 1. The molecule has 0 fully saturated rings. The molecule has 0 saturated carbocycles. The van der Waals surface area contributed by atoms with Gasteiger partial charge in [0.2, 0.25) is 0 Å². The number of benzene rings is 2. The molecular weight excluding hydrogens is 379 g/mol. The Labute approximate surface area is 137 Å². The van der Waals surface area contributed by atoms with E-state index in [9.17, 15) is 9.90 Å². The van der Waals surface area contributed by atoms with Gasteiger partial charge < -0.3 is 9.84 Å². The van der Waals surface area contributed by atoms with Gasteiger partial charge in [-0.15, -0.1) is 0 Å². The van der Waals surface area contributed by atoms with Crippen molar-refractivity contribution in [1.29, 1.82) is 0 Å². The maximum Gasteiger partial charge on any atom is 0.314 e. The zero-order chi connectivity index (χ0) is 14.9. The van der Waals surface area contributed by atoms with E-state index >= 15 is 0 Å². The molecule has 0 aliphatic carbocycles. The summed E-state index contributed by atoms with van der Waals surface area (Å²) in [6.07, 6.45) is 0.977. The Kier molecular flexibility index (Phi) is 3.89. The molecule has 1 aliphatic heterocycles. The summed E-state index contributed by atoms with van der Waals surface area (Å²) in [7, 11) is 0. The Hall–Kier alpha value is -1.56. The summed E-state index contributed by atoms with van der Waals surface area (Å²) in [4.78, 5) is 12.1. The van der Waals surface area contributed by atoms with Crippen LogP contribution < -0.4 is 4.74 Å². The molecule has 0 saturated heterocycles. The highest BCUT2D eigenvalue weighted by Gasteiger charge is 2.44. The highest BCUT2D eigenvalue weighted by molar-refractivity contribution is 14.1. The number of carboxylic acids is 1. The van der Waals surface area contributed by atoms with Crippen LogP contribution in [0.25, 0.3) is 0 Å². The van der Waals surface area contributed by atoms with Gasteiger partial charge in [-0.05, 0) is 52.8 Å². The van der Waals surface area contributed by atoms with E-state index in [0.717, 1.165) is 14.7 Å². The summed E-state index contributed by atoms with van der Waals surface area (Å²) in [5, 5.41) is 9.89. The molecule has 1 atom stereocenters. The molecule has 4 heteroatoms. The van der Waals surface area contributed by atoms with Crippen molar-refractivity contribution >= 4 is 28.6 Å². The quantitative estimate of drug-likeness (QED) is 0.809. The van der Waals surface area contributed by atoms with Gasteiger partial charge in [0.05, 0.1) is 6.61 Å². The molecular formula is C17H15IO3. The summed E-state index contributed by atoms with van der Waals surface area (Å²) in [5.74, 6) is -0.0894. The predicted octanol–water partition coefficient (Wildman–Crippen LogP) is 3.64. The van der Waals surface area contributed by atoms with Crippen LogP contribution in [0.15, 0.2) is 48.5 Å². The lowest BCUT2D eigenvalue weighted by Crippen LogP contribution is -2.42. The van der Waals surface area contributed by atoms with E-state index in [4.69, 9.17) is 4.74 Å². The Morgan fingerprint density at radius 1 is 1.19 bits per heavy atom. The molecule has 3 rings (SSSR count). The van der Waals surface area contributed by atoms with Gasteiger partial charge in [0.1, 0.15) is 11.2 Å². The van der Waals surface area contributed by atoms with Gasteiger partial charge in [-0.25, -0.2) is 0 Å². The number of fused-ring (bicyclic) bond motifs is 1. The van der Waals surface area contributed by atoms with Crippen molar-refractivity contribution in [2.24, 2.45) is 0 Å². The Bertz CT molecular complexity index is 666. The first-order valence-corrected chi connectivity index (χ1v) is 7.90. The monoisotopic (exact) mass is 394 g/mol. The maximum absolute atomic E-state index is 12.1. The lowest BCUT2D eigenvalue weighted by Gasteiger charge is -2.35. The lowest BCUT2D eigenvalue weighted by atomic mass is 9.72. The molecule has 21 heavy (non-hydrogen) atoms. The molecule has 108 valence electrons. The predicted molar refractivity (Wildman–Crippen MR) is 88.7 cm³/mol. The van der Waals surface area contributed by atoms with Crippen LogP contribution in [0.5, 0.6) is 5.75 Å². The molecule has 1 aliphatic rings. The fraction of sp³-hybridized carbons (Fsp3) is 0.235. The van der Waals surface area contributed by atoms with Crippen LogP contribution in [0.3, 0.4) is 0 Å². The molecule has 0 amide bonds. The van der Waals surface area contributed by atoms with Crippen LogP contribution >= 0.6 is 22.6 Å². The summed E-state index contributed by atoms with van der Waals surface area (Å²) in [6, 6.07) is 15.5. The standard InChI is InChI=1S/C17H15IO3/c18-13-7-5-12(6-8-13)11-17(16(19)20)9-10-21-15-4-2-1-3-14(15)17/h1-8H,9-11H2,(H,19,20). The van der Waals surface area contributed by atoms with Gasteiger partial charge >= 0.3 is 5.97 Å². The Morgan fingerprint density at radius 3 is 2.62 bits per heavy atom. The molecule has 2 aromatic carbocycles. The van der Waals surface area contributed by atoms with Crippen molar-refractivity contribution in [2.45, 2.75) is 18.3 Å². The smallest absolute Gasteiger partial charge is 0.314 e. The zero-order valence-electron chi connectivity index (χ0n) is 11.4. The van der Waals surface area contributed by atoms with Crippen LogP contribution in [0.4, 0.5) is 0 Å². The fourth-order valence-electron chi connectivity index (χ4n) is 2.89.